The van der Waals surface area contributed by atoms with E-state index in [0.29, 0.717) is 17.2 Å². The number of methoxy groups -OCH3 is 1. The van der Waals surface area contributed by atoms with E-state index in [1.165, 1.54) is 19.2 Å². The second kappa shape index (κ2) is 5.48. The zero-order chi connectivity index (χ0) is 14.0. The first-order chi connectivity index (χ1) is 9.01. The highest BCUT2D eigenvalue weighted by Gasteiger charge is 2.38. The smallest absolute Gasteiger partial charge is 0.240 e. The Kier molecular flexibility index (Phi) is 4.13. The quantitative estimate of drug-likeness (QED) is 0.825. The van der Waals surface area contributed by atoms with Crippen LogP contribution in [-0.2, 0) is 16.6 Å². The molecule has 0 saturated heterocycles. The van der Waals surface area contributed by atoms with Crippen LogP contribution < -0.4 is 9.46 Å². The number of ether oxygens (including phenoxy) is 1. The van der Waals surface area contributed by atoms with Gasteiger partial charge in [-0.2, -0.15) is 0 Å². The van der Waals surface area contributed by atoms with Gasteiger partial charge in [-0.1, -0.05) is 13.3 Å². The lowest BCUT2D eigenvalue weighted by molar-refractivity contribution is 0.273. The van der Waals surface area contributed by atoms with Crippen molar-refractivity contribution in [3.8, 4) is 5.75 Å². The van der Waals surface area contributed by atoms with Crippen LogP contribution in [0.5, 0.6) is 5.75 Å². The van der Waals surface area contributed by atoms with E-state index in [4.69, 9.17) is 4.74 Å². The Bertz CT molecular complexity index is 556. The summed E-state index contributed by atoms with van der Waals surface area (Å²) < 4.78 is 32.1. The number of aliphatic hydroxyl groups is 1. The molecule has 0 aliphatic heterocycles. The molecule has 5 nitrogen and oxygen atoms in total. The Hall–Kier alpha value is -1.11. The zero-order valence-corrected chi connectivity index (χ0v) is 11.9. The third-order valence-corrected chi connectivity index (χ3v) is 4.97. The predicted octanol–water partition coefficient (Wildman–Crippen LogP) is 1.26. The average Bonchev–Trinajstić information content (AvgIpc) is 3.15. The fraction of sp³-hybridized carbons (Fsp3) is 0.538. The van der Waals surface area contributed by atoms with Gasteiger partial charge in [0, 0.05) is 11.6 Å². The number of benzene rings is 1. The highest BCUT2D eigenvalue weighted by Crippen LogP contribution is 2.34. The first kappa shape index (κ1) is 14.3. The topological polar surface area (TPSA) is 75.6 Å². The molecule has 1 aliphatic carbocycles. The van der Waals surface area contributed by atoms with E-state index >= 15 is 0 Å². The molecule has 0 spiro atoms. The fourth-order valence-corrected chi connectivity index (χ4v) is 3.52. The van der Waals surface area contributed by atoms with Crippen LogP contribution in [-0.4, -0.2) is 26.7 Å². The number of hydrogen-bond acceptors (Lipinski definition) is 4. The molecule has 0 amide bonds. The third kappa shape index (κ3) is 3.08. The molecule has 0 aromatic heterocycles. The highest BCUT2D eigenvalue weighted by molar-refractivity contribution is 7.89. The summed E-state index contributed by atoms with van der Waals surface area (Å²) in [6.45, 7) is 1.80. The van der Waals surface area contributed by atoms with Gasteiger partial charge in [0.05, 0.1) is 18.6 Å². The molecule has 1 aromatic rings. The molecule has 2 atom stereocenters. The molecule has 2 rings (SSSR count). The highest BCUT2D eigenvalue weighted by atomic mass is 32.2. The predicted molar refractivity (Wildman–Crippen MR) is 71.4 cm³/mol. The van der Waals surface area contributed by atoms with Gasteiger partial charge in [0.15, 0.2) is 0 Å². The van der Waals surface area contributed by atoms with Crippen molar-refractivity contribution >= 4 is 10.0 Å². The van der Waals surface area contributed by atoms with Crippen molar-refractivity contribution < 1.29 is 18.3 Å². The van der Waals surface area contributed by atoms with Crippen LogP contribution in [0.4, 0.5) is 0 Å². The lowest BCUT2D eigenvalue weighted by Crippen LogP contribution is -2.27. The summed E-state index contributed by atoms with van der Waals surface area (Å²) in [5, 5.41) is 9.22. The maximum atomic E-state index is 12.2. The summed E-state index contributed by atoms with van der Waals surface area (Å²) in [5.41, 5.74) is 0.466. The largest absolute Gasteiger partial charge is 0.496 e. The van der Waals surface area contributed by atoms with Crippen LogP contribution in [0.2, 0.25) is 0 Å². The fourth-order valence-electron chi connectivity index (χ4n) is 2.16. The molecular weight excluding hydrogens is 266 g/mol. The molecule has 106 valence electrons. The zero-order valence-electron chi connectivity index (χ0n) is 11.1. The summed E-state index contributed by atoms with van der Waals surface area (Å²) in [5.74, 6) is 0.935. The molecular formula is C13H19NO4S. The van der Waals surface area contributed by atoms with Gasteiger partial charge in [0.1, 0.15) is 5.75 Å². The summed E-state index contributed by atoms with van der Waals surface area (Å²) in [7, 11) is -2.03. The average molecular weight is 285 g/mol. The molecule has 0 radical (unpaired) electrons. The van der Waals surface area contributed by atoms with Crippen molar-refractivity contribution in [1.82, 2.24) is 4.72 Å². The monoisotopic (exact) mass is 285 g/mol. The van der Waals surface area contributed by atoms with E-state index in [2.05, 4.69) is 11.6 Å². The van der Waals surface area contributed by atoms with Crippen LogP contribution in [0.1, 0.15) is 25.3 Å². The molecule has 19 heavy (non-hydrogen) atoms. The number of rotatable bonds is 6. The maximum absolute atomic E-state index is 12.2. The molecule has 2 N–H and O–H groups in total. The molecule has 1 aromatic carbocycles. The van der Waals surface area contributed by atoms with Crippen LogP contribution >= 0.6 is 0 Å². The molecule has 6 heteroatoms. The van der Waals surface area contributed by atoms with Crippen molar-refractivity contribution in [3.63, 3.8) is 0 Å². The number of hydrogen-bond donors (Lipinski definition) is 2. The van der Waals surface area contributed by atoms with Gasteiger partial charge in [0.2, 0.25) is 10.0 Å². The van der Waals surface area contributed by atoms with Crippen LogP contribution in [0, 0.1) is 5.92 Å². The first-order valence-corrected chi connectivity index (χ1v) is 7.80. The number of sulfonamides is 1. The minimum Gasteiger partial charge on any atom is -0.496 e. The minimum absolute atomic E-state index is 0.0506. The molecule has 0 heterocycles. The van der Waals surface area contributed by atoms with Gasteiger partial charge < -0.3 is 9.84 Å². The summed E-state index contributed by atoms with van der Waals surface area (Å²) in [6.07, 6.45) is 1.89. The number of nitrogens with one attached hydrogen (secondary N) is 1. The Morgan fingerprint density at radius 1 is 1.47 bits per heavy atom. The molecule has 1 fully saturated rings. The maximum Gasteiger partial charge on any atom is 0.240 e. The van der Waals surface area contributed by atoms with Gasteiger partial charge >= 0.3 is 0 Å². The van der Waals surface area contributed by atoms with Crippen molar-refractivity contribution in [2.24, 2.45) is 5.92 Å². The molecule has 1 aliphatic rings. The molecule has 0 bridgehead atoms. The van der Waals surface area contributed by atoms with Crippen LogP contribution in [0.15, 0.2) is 23.1 Å². The first-order valence-electron chi connectivity index (χ1n) is 6.32. The van der Waals surface area contributed by atoms with Gasteiger partial charge in [-0.05, 0) is 30.5 Å². The van der Waals surface area contributed by atoms with E-state index in [1.807, 2.05) is 0 Å². The van der Waals surface area contributed by atoms with E-state index in [-0.39, 0.29) is 17.5 Å². The van der Waals surface area contributed by atoms with Crippen molar-refractivity contribution in [1.29, 1.82) is 0 Å². The third-order valence-electron chi connectivity index (χ3n) is 3.49. The normalized spacial score (nSPS) is 22.3. The van der Waals surface area contributed by atoms with Gasteiger partial charge in [0.25, 0.3) is 0 Å². The SMILES string of the molecule is CCC1CC1NS(=O)(=O)c1ccc(OC)c(CO)c1. The van der Waals surface area contributed by atoms with E-state index in [1.54, 1.807) is 6.07 Å². The summed E-state index contributed by atoms with van der Waals surface area (Å²) in [4.78, 5) is 0.166. The van der Waals surface area contributed by atoms with Gasteiger partial charge in [-0.3, -0.25) is 0 Å². The van der Waals surface area contributed by atoms with Crippen LogP contribution in [0.3, 0.4) is 0 Å². The van der Waals surface area contributed by atoms with Crippen molar-refractivity contribution in [2.75, 3.05) is 7.11 Å². The Balaban J connectivity index is 2.21. The minimum atomic E-state index is -3.51. The second-order valence-corrected chi connectivity index (χ2v) is 6.48. The Labute approximate surface area is 113 Å². The Morgan fingerprint density at radius 2 is 2.21 bits per heavy atom. The van der Waals surface area contributed by atoms with Gasteiger partial charge in [-0.15, -0.1) is 0 Å². The van der Waals surface area contributed by atoms with E-state index in [0.717, 1.165) is 12.8 Å². The molecule has 1 saturated carbocycles. The van der Waals surface area contributed by atoms with E-state index < -0.39 is 10.0 Å². The standard InChI is InChI=1S/C13H19NO4S/c1-3-9-7-12(9)14-19(16,17)11-4-5-13(18-2)10(6-11)8-15/h4-6,9,12,14-15H,3,7-8H2,1-2H3. The lowest BCUT2D eigenvalue weighted by Gasteiger charge is -2.10. The number of aliphatic hydroxyl groups excluding tert-OH is 1. The summed E-state index contributed by atoms with van der Waals surface area (Å²) in [6, 6.07) is 4.55. The second-order valence-electron chi connectivity index (χ2n) is 4.76. The Morgan fingerprint density at radius 3 is 2.74 bits per heavy atom. The lowest BCUT2D eigenvalue weighted by atomic mass is 10.2. The summed E-state index contributed by atoms with van der Waals surface area (Å²) >= 11 is 0. The van der Waals surface area contributed by atoms with Crippen molar-refractivity contribution in [2.45, 2.75) is 37.3 Å². The van der Waals surface area contributed by atoms with Gasteiger partial charge in [-0.25, -0.2) is 13.1 Å². The molecule has 2 unspecified atom stereocenters. The van der Waals surface area contributed by atoms with E-state index in [9.17, 15) is 13.5 Å². The van der Waals surface area contributed by atoms with Crippen LogP contribution in [0.25, 0.3) is 0 Å². The van der Waals surface area contributed by atoms with Crippen molar-refractivity contribution in [3.05, 3.63) is 23.8 Å².